The van der Waals surface area contributed by atoms with E-state index in [1.54, 1.807) is 6.92 Å². The van der Waals surface area contributed by atoms with E-state index >= 15 is 0 Å². The average molecular weight is 195 g/mol. The van der Waals surface area contributed by atoms with Crippen molar-refractivity contribution in [1.82, 2.24) is 0 Å². The second-order valence-electron chi connectivity index (χ2n) is 3.29. The largest absolute Gasteiger partial charge is 0.508 e. The highest BCUT2D eigenvalue weighted by molar-refractivity contribution is 5.84. The van der Waals surface area contributed by atoms with Crippen LogP contribution in [-0.2, 0) is 0 Å². The van der Waals surface area contributed by atoms with E-state index in [2.05, 4.69) is 4.99 Å². The van der Waals surface area contributed by atoms with Gasteiger partial charge in [0, 0.05) is 11.8 Å². The smallest absolute Gasteiger partial charge is 0.152 e. The summed E-state index contributed by atoms with van der Waals surface area (Å²) in [7, 11) is 0. The van der Waals surface area contributed by atoms with Crippen molar-refractivity contribution in [2.24, 2.45) is 4.99 Å². The number of phenolic OH excluding ortho intramolecular Hbond substituents is 1. The first-order valence-corrected chi connectivity index (χ1v) is 4.58. The number of hydrogen-bond acceptors (Lipinski definition) is 2. The van der Waals surface area contributed by atoms with Crippen molar-refractivity contribution in [3.05, 3.63) is 23.5 Å². The molecule has 3 heteroatoms. The zero-order chi connectivity index (χ0) is 10.7. The first kappa shape index (κ1) is 10.7. The molecule has 0 amide bonds. The van der Waals surface area contributed by atoms with Crippen molar-refractivity contribution < 1.29 is 9.50 Å². The van der Waals surface area contributed by atoms with Crippen molar-refractivity contribution in [1.29, 1.82) is 0 Å². The minimum absolute atomic E-state index is 0.0619. The average Bonchev–Trinajstić information content (AvgIpc) is 2.10. The van der Waals surface area contributed by atoms with Gasteiger partial charge in [0.15, 0.2) is 5.82 Å². The summed E-state index contributed by atoms with van der Waals surface area (Å²) in [5.41, 5.74) is 1.84. The fourth-order valence-corrected chi connectivity index (χ4v) is 1.13. The lowest BCUT2D eigenvalue weighted by Gasteiger charge is -2.04. The summed E-state index contributed by atoms with van der Waals surface area (Å²) in [4.78, 5) is 4.15. The molecule has 1 rings (SSSR count). The first-order valence-electron chi connectivity index (χ1n) is 4.58. The molecule has 0 radical (unpaired) electrons. The lowest BCUT2D eigenvalue weighted by atomic mass is 10.2. The van der Waals surface area contributed by atoms with Gasteiger partial charge in [-0.3, -0.25) is 4.99 Å². The molecule has 14 heavy (non-hydrogen) atoms. The van der Waals surface area contributed by atoms with Crippen LogP contribution in [0.3, 0.4) is 0 Å². The minimum Gasteiger partial charge on any atom is -0.508 e. The summed E-state index contributed by atoms with van der Waals surface area (Å²) in [6, 6.07) is 2.58. The van der Waals surface area contributed by atoms with Crippen LogP contribution in [-0.4, -0.2) is 10.8 Å². The van der Waals surface area contributed by atoms with Gasteiger partial charge in [0.25, 0.3) is 0 Å². The third-order valence-electron chi connectivity index (χ3n) is 2.05. The van der Waals surface area contributed by atoms with Gasteiger partial charge in [0.1, 0.15) is 11.4 Å². The molecule has 0 fully saturated rings. The SMILES string of the molecule is CCC(C)=Nc1c(C)cc(O)cc1F. The predicted octanol–water partition coefficient (Wildman–Crippen LogP) is 3.34. The molecule has 76 valence electrons. The highest BCUT2D eigenvalue weighted by atomic mass is 19.1. The van der Waals surface area contributed by atoms with Gasteiger partial charge >= 0.3 is 0 Å². The third kappa shape index (κ3) is 2.31. The highest BCUT2D eigenvalue weighted by Gasteiger charge is 2.06. The van der Waals surface area contributed by atoms with E-state index in [9.17, 15) is 4.39 Å². The normalized spacial score (nSPS) is 11.9. The third-order valence-corrected chi connectivity index (χ3v) is 2.05. The van der Waals surface area contributed by atoms with E-state index in [4.69, 9.17) is 5.11 Å². The molecule has 0 aliphatic carbocycles. The standard InChI is InChI=1S/C11H14FNO/c1-4-8(3)13-11-7(2)5-9(14)6-10(11)12/h5-6,14H,4H2,1-3H3. The molecule has 0 heterocycles. The number of nitrogens with zero attached hydrogens (tertiary/aromatic N) is 1. The van der Waals surface area contributed by atoms with Crippen molar-refractivity contribution in [2.75, 3.05) is 0 Å². The number of halogens is 1. The summed E-state index contributed by atoms with van der Waals surface area (Å²) in [5.74, 6) is -0.539. The van der Waals surface area contributed by atoms with E-state index in [0.29, 0.717) is 11.3 Å². The number of aryl methyl sites for hydroxylation is 1. The zero-order valence-corrected chi connectivity index (χ0v) is 8.63. The molecule has 0 aromatic heterocycles. The molecule has 0 bridgehead atoms. The molecule has 0 saturated carbocycles. The molecule has 2 nitrogen and oxygen atoms in total. The van der Waals surface area contributed by atoms with E-state index < -0.39 is 5.82 Å². The van der Waals surface area contributed by atoms with Crippen LogP contribution in [0.2, 0.25) is 0 Å². The van der Waals surface area contributed by atoms with Crippen LogP contribution in [0.4, 0.5) is 10.1 Å². The zero-order valence-electron chi connectivity index (χ0n) is 8.63. The van der Waals surface area contributed by atoms with Crippen molar-refractivity contribution in [3.8, 4) is 5.75 Å². The quantitative estimate of drug-likeness (QED) is 0.721. The van der Waals surface area contributed by atoms with Gasteiger partial charge in [-0.05, 0) is 31.9 Å². The molecule has 1 N–H and O–H groups in total. The lowest BCUT2D eigenvalue weighted by Crippen LogP contribution is -1.89. The molecule has 0 unspecified atom stereocenters. The van der Waals surface area contributed by atoms with E-state index in [1.165, 1.54) is 6.07 Å². The topological polar surface area (TPSA) is 32.6 Å². The lowest BCUT2D eigenvalue weighted by molar-refractivity contribution is 0.469. The van der Waals surface area contributed by atoms with Gasteiger partial charge < -0.3 is 5.11 Å². The van der Waals surface area contributed by atoms with Crippen LogP contribution < -0.4 is 0 Å². The first-order chi connectivity index (χ1) is 6.54. The number of hydrogen-bond donors (Lipinski definition) is 1. The fraction of sp³-hybridized carbons (Fsp3) is 0.364. The van der Waals surface area contributed by atoms with Crippen LogP contribution >= 0.6 is 0 Å². The Bertz CT molecular complexity index is 349. The fourth-order valence-electron chi connectivity index (χ4n) is 1.13. The molecule has 0 aliphatic rings. The molecule has 0 atom stereocenters. The van der Waals surface area contributed by atoms with Gasteiger partial charge in [-0.15, -0.1) is 0 Å². The second-order valence-corrected chi connectivity index (χ2v) is 3.29. The number of benzene rings is 1. The van der Waals surface area contributed by atoms with Crippen LogP contribution in [0.5, 0.6) is 5.75 Å². The van der Waals surface area contributed by atoms with Crippen molar-refractivity contribution in [2.45, 2.75) is 27.2 Å². The minimum atomic E-state index is -0.477. The van der Waals surface area contributed by atoms with Gasteiger partial charge in [0.05, 0.1) is 0 Å². The molecule has 1 aromatic rings. The molecule has 1 aromatic carbocycles. The molecule has 0 saturated heterocycles. The van der Waals surface area contributed by atoms with Crippen LogP contribution in [0.25, 0.3) is 0 Å². The molecule has 0 aliphatic heterocycles. The Hall–Kier alpha value is -1.38. The number of rotatable bonds is 2. The van der Waals surface area contributed by atoms with Crippen LogP contribution in [0.1, 0.15) is 25.8 Å². The summed E-state index contributed by atoms with van der Waals surface area (Å²) in [6.45, 7) is 5.54. The van der Waals surface area contributed by atoms with Gasteiger partial charge in [-0.2, -0.15) is 0 Å². The summed E-state index contributed by atoms with van der Waals surface area (Å²) in [6.07, 6.45) is 0.791. The number of aliphatic imine (C=N–C) groups is 1. The summed E-state index contributed by atoms with van der Waals surface area (Å²) < 4.78 is 13.3. The Morgan fingerprint density at radius 1 is 1.50 bits per heavy atom. The Kier molecular flexibility index (Phi) is 3.23. The summed E-state index contributed by atoms with van der Waals surface area (Å²) in [5, 5.41) is 9.12. The Balaban J connectivity index is 3.21. The number of aromatic hydroxyl groups is 1. The van der Waals surface area contributed by atoms with E-state index in [1.807, 2.05) is 13.8 Å². The van der Waals surface area contributed by atoms with Crippen molar-refractivity contribution in [3.63, 3.8) is 0 Å². The number of phenols is 1. The monoisotopic (exact) mass is 195 g/mol. The maximum Gasteiger partial charge on any atom is 0.152 e. The van der Waals surface area contributed by atoms with E-state index in [-0.39, 0.29) is 5.75 Å². The van der Waals surface area contributed by atoms with Crippen molar-refractivity contribution >= 4 is 11.4 Å². The van der Waals surface area contributed by atoms with Gasteiger partial charge in [0.2, 0.25) is 0 Å². The van der Waals surface area contributed by atoms with Gasteiger partial charge in [-0.1, -0.05) is 6.92 Å². The Morgan fingerprint density at radius 3 is 2.64 bits per heavy atom. The predicted molar refractivity (Wildman–Crippen MR) is 55.9 cm³/mol. The maximum atomic E-state index is 13.3. The highest BCUT2D eigenvalue weighted by Crippen LogP contribution is 2.27. The van der Waals surface area contributed by atoms with Crippen LogP contribution in [0, 0.1) is 12.7 Å². The Morgan fingerprint density at radius 2 is 2.14 bits per heavy atom. The summed E-state index contributed by atoms with van der Waals surface area (Å²) >= 11 is 0. The second kappa shape index (κ2) is 4.22. The van der Waals surface area contributed by atoms with E-state index in [0.717, 1.165) is 18.2 Å². The molecule has 0 spiro atoms. The van der Waals surface area contributed by atoms with Gasteiger partial charge in [-0.25, -0.2) is 4.39 Å². The molecular weight excluding hydrogens is 181 g/mol. The Labute approximate surface area is 83.1 Å². The molecular formula is C11H14FNO. The van der Waals surface area contributed by atoms with Crippen LogP contribution in [0.15, 0.2) is 17.1 Å². The maximum absolute atomic E-state index is 13.3.